The predicted octanol–water partition coefficient (Wildman–Crippen LogP) is 2.74. The van der Waals surface area contributed by atoms with Gasteiger partial charge >= 0.3 is 6.03 Å². The van der Waals surface area contributed by atoms with Gasteiger partial charge in [0.15, 0.2) is 0 Å². The lowest BCUT2D eigenvalue weighted by molar-refractivity contribution is 0.0939. The fourth-order valence-corrected chi connectivity index (χ4v) is 3.19. The molecule has 3 N–H and O–H groups in total. The van der Waals surface area contributed by atoms with Crippen LogP contribution in [0.1, 0.15) is 50.1 Å². The van der Waals surface area contributed by atoms with E-state index in [2.05, 4.69) is 22.8 Å². The van der Waals surface area contributed by atoms with Crippen molar-refractivity contribution < 1.29 is 9.90 Å². The summed E-state index contributed by atoms with van der Waals surface area (Å²) in [7, 11) is 0. The first kappa shape index (κ1) is 14.4. The van der Waals surface area contributed by atoms with Gasteiger partial charge in [0.1, 0.15) is 0 Å². The van der Waals surface area contributed by atoms with Crippen LogP contribution in [0, 0.1) is 5.92 Å². The number of carbonyl (C=O) groups excluding carboxylic acids is 1. The second kappa shape index (κ2) is 6.48. The second-order valence-corrected chi connectivity index (χ2v) is 6.30. The van der Waals surface area contributed by atoms with E-state index in [0.717, 1.165) is 25.7 Å². The number of hydrogen-bond donors (Lipinski definition) is 3. The van der Waals surface area contributed by atoms with E-state index in [1.807, 2.05) is 18.2 Å². The number of nitrogens with one attached hydrogen (secondary N) is 2. The molecule has 0 bridgehead atoms. The molecule has 1 aromatic rings. The molecule has 2 saturated carbocycles. The highest BCUT2D eigenvalue weighted by molar-refractivity contribution is 5.75. The fraction of sp³-hybridized carbons (Fsp3) is 0.588. The van der Waals surface area contributed by atoms with Crippen molar-refractivity contribution in [3.8, 4) is 0 Å². The normalized spacial score (nSPS) is 26.9. The van der Waals surface area contributed by atoms with Crippen LogP contribution < -0.4 is 10.6 Å². The van der Waals surface area contributed by atoms with Crippen LogP contribution in [0.2, 0.25) is 0 Å². The van der Waals surface area contributed by atoms with Gasteiger partial charge in [-0.2, -0.15) is 0 Å². The van der Waals surface area contributed by atoms with E-state index in [1.54, 1.807) is 0 Å². The number of aliphatic hydroxyl groups is 1. The van der Waals surface area contributed by atoms with E-state index < -0.39 is 6.10 Å². The lowest BCUT2D eigenvalue weighted by Crippen LogP contribution is -2.49. The fourth-order valence-electron chi connectivity index (χ4n) is 3.19. The van der Waals surface area contributed by atoms with Gasteiger partial charge in [0.2, 0.25) is 0 Å². The number of aliphatic hydroxyl groups excluding tert-OH is 1. The van der Waals surface area contributed by atoms with E-state index in [1.165, 1.54) is 18.4 Å². The lowest BCUT2D eigenvalue weighted by atomic mass is 9.93. The Morgan fingerprint density at radius 2 is 1.81 bits per heavy atom. The Morgan fingerprint density at radius 3 is 2.48 bits per heavy atom. The summed E-state index contributed by atoms with van der Waals surface area (Å²) in [4.78, 5) is 12.2. The molecule has 0 aromatic heterocycles. The van der Waals surface area contributed by atoms with Gasteiger partial charge in [-0.3, -0.25) is 0 Å². The van der Waals surface area contributed by atoms with Crippen LogP contribution in [0.3, 0.4) is 0 Å². The summed E-state index contributed by atoms with van der Waals surface area (Å²) in [6, 6.07) is 9.98. The Kier molecular flexibility index (Phi) is 4.44. The number of benzene rings is 1. The zero-order chi connectivity index (χ0) is 14.7. The lowest BCUT2D eigenvalue weighted by Gasteiger charge is -2.29. The van der Waals surface area contributed by atoms with Gasteiger partial charge in [0.25, 0.3) is 0 Å². The second-order valence-electron chi connectivity index (χ2n) is 6.30. The Labute approximate surface area is 125 Å². The third-order valence-corrected chi connectivity index (χ3v) is 4.58. The van der Waals surface area contributed by atoms with Crippen molar-refractivity contribution in [1.82, 2.24) is 10.6 Å². The summed E-state index contributed by atoms with van der Waals surface area (Å²) in [5.74, 6) is 0.550. The Hall–Kier alpha value is -1.55. The minimum Gasteiger partial charge on any atom is -0.391 e. The highest BCUT2D eigenvalue weighted by Crippen LogP contribution is 2.40. The summed E-state index contributed by atoms with van der Waals surface area (Å²) < 4.78 is 0. The molecule has 21 heavy (non-hydrogen) atoms. The summed E-state index contributed by atoms with van der Waals surface area (Å²) in [5.41, 5.74) is 1.17. The van der Waals surface area contributed by atoms with Gasteiger partial charge in [0.05, 0.1) is 18.2 Å². The van der Waals surface area contributed by atoms with Crippen molar-refractivity contribution in [2.75, 3.05) is 0 Å². The highest BCUT2D eigenvalue weighted by Gasteiger charge is 2.34. The van der Waals surface area contributed by atoms with Crippen LogP contribution in [-0.2, 0) is 0 Å². The van der Waals surface area contributed by atoms with Crippen molar-refractivity contribution >= 4 is 6.03 Å². The number of urea groups is 1. The number of rotatable bonds is 4. The van der Waals surface area contributed by atoms with Crippen LogP contribution in [0.25, 0.3) is 0 Å². The van der Waals surface area contributed by atoms with Crippen LogP contribution in [0.4, 0.5) is 4.79 Å². The molecule has 3 unspecified atom stereocenters. The van der Waals surface area contributed by atoms with Gasteiger partial charge in [-0.15, -0.1) is 0 Å². The average molecular weight is 288 g/mol. The van der Waals surface area contributed by atoms with Crippen molar-refractivity contribution in [1.29, 1.82) is 0 Å². The van der Waals surface area contributed by atoms with Crippen LogP contribution in [0.15, 0.2) is 30.3 Å². The Bertz CT molecular complexity index is 473. The van der Waals surface area contributed by atoms with Gasteiger partial charge in [-0.25, -0.2) is 4.79 Å². The molecule has 4 nitrogen and oxygen atoms in total. The van der Waals surface area contributed by atoms with Gasteiger partial charge in [-0.05, 0) is 37.2 Å². The molecule has 114 valence electrons. The monoisotopic (exact) mass is 288 g/mol. The third-order valence-electron chi connectivity index (χ3n) is 4.58. The van der Waals surface area contributed by atoms with Crippen LogP contribution in [-0.4, -0.2) is 23.3 Å². The molecule has 1 aromatic carbocycles. The molecule has 0 saturated heterocycles. The van der Waals surface area contributed by atoms with Gasteiger partial charge in [-0.1, -0.05) is 43.2 Å². The van der Waals surface area contributed by atoms with Crippen molar-refractivity contribution in [2.24, 2.45) is 5.92 Å². The summed E-state index contributed by atoms with van der Waals surface area (Å²) >= 11 is 0. The zero-order valence-corrected chi connectivity index (χ0v) is 12.3. The quantitative estimate of drug-likeness (QED) is 0.798. The molecule has 2 amide bonds. The number of hydrogen-bond acceptors (Lipinski definition) is 2. The van der Waals surface area contributed by atoms with E-state index >= 15 is 0 Å². The molecule has 0 spiro atoms. The zero-order valence-electron chi connectivity index (χ0n) is 12.3. The maximum atomic E-state index is 12.2. The molecule has 2 aliphatic rings. The first-order valence-electron chi connectivity index (χ1n) is 8.04. The highest BCUT2D eigenvalue weighted by atomic mass is 16.3. The van der Waals surface area contributed by atoms with E-state index in [-0.39, 0.29) is 18.1 Å². The number of carbonyl (C=O) groups is 1. The molecular formula is C17H24N2O2. The molecule has 4 heteroatoms. The summed E-state index contributed by atoms with van der Waals surface area (Å²) in [5, 5.41) is 16.0. The van der Waals surface area contributed by atoms with Gasteiger partial charge in [0, 0.05) is 0 Å². The maximum Gasteiger partial charge on any atom is 0.315 e. The van der Waals surface area contributed by atoms with Crippen LogP contribution in [0.5, 0.6) is 0 Å². The SMILES string of the molecule is O=C(NC1CCCCC1O)NC(c1ccccc1)C1CC1. The van der Waals surface area contributed by atoms with E-state index in [9.17, 15) is 9.90 Å². The van der Waals surface area contributed by atoms with Crippen molar-refractivity contribution in [3.63, 3.8) is 0 Å². The Morgan fingerprint density at radius 1 is 1.10 bits per heavy atom. The molecule has 2 aliphatic carbocycles. The minimum atomic E-state index is -0.402. The molecule has 0 heterocycles. The minimum absolute atomic E-state index is 0.0898. The molecule has 2 fully saturated rings. The first-order valence-corrected chi connectivity index (χ1v) is 8.04. The average Bonchev–Trinajstić information content (AvgIpc) is 3.33. The summed E-state index contributed by atoms with van der Waals surface area (Å²) in [6.07, 6.45) is 5.73. The van der Waals surface area contributed by atoms with Crippen LogP contribution >= 0.6 is 0 Å². The maximum absolute atomic E-state index is 12.2. The molecule has 0 radical (unpaired) electrons. The predicted molar refractivity (Wildman–Crippen MR) is 81.8 cm³/mol. The topological polar surface area (TPSA) is 61.4 Å². The van der Waals surface area contributed by atoms with Crippen molar-refractivity contribution in [3.05, 3.63) is 35.9 Å². The third kappa shape index (κ3) is 3.76. The molecule has 3 atom stereocenters. The molecular weight excluding hydrogens is 264 g/mol. The standard InChI is InChI=1S/C17H24N2O2/c20-15-9-5-4-8-14(15)18-17(21)19-16(13-10-11-13)12-6-2-1-3-7-12/h1-3,6-7,13-16,20H,4-5,8-11H2,(H2,18,19,21). The smallest absolute Gasteiger partial charge is 0.315 e. The van der Waals surface area contributed by atoms with Crippen molar-refractivity contribution in [2.45, 2.75) is 56.7 Å². The molecule has 0 aliphatic heterocycles. The first-order chi connectivity index (χ1) is 10.2. The van der Waals surface area contributed by atoms with E-state index in [4.69, 9.17) is 0 Å². The Balaban J connectivity index is 1.59. The summed E-state index contributed by atoms with van der Waals surface area (Å²) in [6.45, 7) is 0. The number of amides is 2. The van der Waals surface area contributed by atoms with Gasteiger partial charge < -0.3 is 15.7 Å². The molecule has 3 rings (SSSR count). The largest absolute Gasteiger partial charge is 0.391 e. The van der Waals surface area contributed by atoms with E-state index in [0.29, 0.717) is 5.92 Å².